The van der Waals surface area contributed by atoms with Crippen molar-refractivity contribution < 1.29 is 9.32 Å². The standard InChI is InChI=1S/C19H22N4O2S/c1-10-8-14(12(3)26-10)16-9-15(17-11(2)22-25-18(17)21-16)19(24)23-6-4-13(20)5-7-23/h8-9,13H,4-7,20H2,1-3H3. The normalized spacial score (nSPS) is 15.8. The van der Waals surface area contributed by atoms with E-state index in [1.807, 2.05) is 17.9 Å². The van der Waals surface area contributed by atoms with Crippen molar-refractivity contribution >= 4 is 28.3 Å². The van der Waals surface area contributed by atoms with Crippen LogP contribution in [0.4, 0.5) is 0 Å². The lowest BCUT2D eigenvalue weighted by molar-refractivity contribution is 0.0716. The van der Waals surface area contributed by atoms with Crippen molar-refractivity contribution in [1.82, 2.24) is 15.0 Å². The molecule has 136 valence electrons. The first-order valence-electron chi connectivity index (χ1n) is 8.83. The fourth-order valence-corrected chi connectivity index (χ4v) is 4.49. The fraction of sp³-hybridized carbons (Fsp3) is 0.421. The molecule has 1 fully saturated rings. The predicted molar refractivity (Wildman–Crippen MR) is 102 cm³/mol. The van der Waals surface area contributed by atoms with E-state index in [-0.39, 0.29) is 11.9 Å². The van der Waals surface area contributed by atoms with Gasteiger partial charge in [0.2, 0.25) is 0 Å². The number of carbonyl (C=O) groups is 1. The molecule has 0 aliphatic carbocycles. The van der Waals surface area contributed by atoms with Gasteiger partial charge in [-0.15, -0.1) is 11.3 Å². The van der Waals surface area contributed by atoms with E-state index in [0.29, 0.717) is 35.4 Å². The number of aromatic nitrogens is 2. The highest BCUT2D eigenvalue weighted by molar-refractivity contribution is 7.12. The lowest BCUT2D eigenvalue weighted by Crippen LogP contribution is -2.42. The molecule has 0 saturated carbocycles. The first-order valence-corrected chi connectivity index (χ1v) is 9.65. The van der Waals surface area contributed by atoms with Gasteiger partial charge < -0.3 is 15.2 Å². The SMILES string of the molecule is Cc1cc(-c2cc(C(=O)N3CCC(N)CC3)c3c(C)noc3n2)c(C)s1. The summed E-state index contributed by atoms with van der Waals surface area (Å²) in [5.41, 5.74) is 9.50. The highest BCUT2D eigenvalue weighted by atomic mass is 32.1. The average Bonchev–Trinajstić information content (AvgIpc) is 3.16. The van der Waals surface area contributed by atoms with Crippen LogP contribution in [0.5, 0.6) is 0 Å². The maximum absolute atomic E-state index is 13.2. The van der Waals surface area contributed by atoms with Gasteiger partial charge in [0.15, 0.2) is 0 Å². The minimum absolute atomic E-state index is 0.00135. The Kier molecular flexibility index (Phi) is 4.28. The van der Waals surface area contributed by atoms with Crippen molar-refractivity contribution in [3.63, 3.8) is 0 Å². The number of pyridine rings is 1. The van der Waals surface area contributed by atoms with E-state index in [9.17, 15) is 4.79 Å². The lowest BCUT2D eigenvalue weighted by atomic mass is 10.0. The summed E-state index contributed by atoms with van der Waals surface area (Å²) in [4.78, 5) is 22.1. The van der Waals surface area contributed by atoms with E-state index in [0.717, 1.165) is 24.1 Å². The molecule has 0 radical (unpaired) electrons. The number of hydrogen-bond donors (Lipinski definition) is 1. The van der Waals surface area contributed by atoms with Crippen LogP contribution in [0.15, 0.2) is 16.7 Å². The van der Waals surface area contributed by atoms with Gasteiger partial charge >= 0.3 is 0 Å². The number of amides is 1. The number of nitrogens with two attached hydrogens (primary N) is 1. The summed E-state index contributed by atoms with van der Waals surface area (Å²) in [6.07, 6.45) is 1.66. The molecule has 6 nitrogen and oxygen atoms in total. The van der Waals surface area contributed by atoms with Crippen LogP contribution < -0.4 is 5.73 Å². The highest BCUT2D eigenvalue weighted by Gasteiger charge is 2.26. The van der Waals surface area contributed by atoms with Gasteiger partial charge in [-0.3, -0.25) is 4.79 Å². The van der Waals surface area contributed by atoms with Crippen LogP contribution in [0.1, 0.15) is 38.6 Å². The largest absolute Gasteiger partial charge is 0.339 e. The molecular weight excluding hydrogens is 348 g/mol. The molecule has 2 N–H and O–H groups in total. The second-order valence-electron chi connectivity index (χ2n) is 6.96. The monoisotopic (exact) mass is 370 g/mol. The van der Waals surface area contributed by atoms with Crippen LogP contribution in [0.2, 0.25) is 0 Å². The maximum atomic E-state index is 13.2. The van der Waals surface area contributed by atoms with Gasteiger partial charge in [-0.25, -0.2) is 4.98 Å². The van der Waals surface area contributed by atoms with Crippen molar-refractivity contribution in [2.24, 2.45) is 5.73 Å². The Balaban J connectivity index is 1.83. The first kappa shape index (κ1) is 17.2. The summed E-state index contributed by atoms with van der Waals surface area (Å²) in [7, 11) is 0. The summed E-state index contributed by atoms with van der Waals surface area (Å²) >= 11 is 1.72. The third-order valence-corrected chi connectivity index (χ3v) is 5.96. The number of nitrogens with zero attached hydrogens (tertiary/aromatic N) is 3. The topological polar surface area (TPSA) is 85.2 Å². The van der Waals surface area contributed by atoms with Gasteiger partial charge in [0.1, 0.15) is 0 Å². The van der Waals surface area contributed by atoms with Crippen molar-refractivity contribution in [3.05, 3.63) is 33.1 Å². The number of thiophene rings is 1. The molecular formula is C19H22N4O2S. The molecule has 0 aromatic carbocycles. The Labute approximate surface area is 156 Å². The third kappa shape index (κ3) is 2.91. The first-order chi connectivity index (χ1) is 12.4. The molecule has 1 aliphatic heterocycles. The van der Waals surface area contributed by atoms with Crippen molar-refractivity contribution in [1.29, 1.82) is 0 Å². The molecule has 4 heterocycles. The average molecular weight is 370 g/mol. The number of carbonyl (C=O) groups excluding carboxylic acids is 1. The lowest BCUT2D eigenvalue weighted by Gasteiger charge is -2.30. The van der Waals surface area contributed by atoms with Gasteiger partial charge in [0.05, 0.1) is 22.3 Å². The van der Waals surface area contributed by atoms with E-state index < -0.39 is 0 Å². The van der Waals surface area contributed by atoms with Gasteiger partial charge in [-0.1, -0.05) is 5.16 Å². The van der Waals surface area contributed by atoms with Gasteiger partial charge in [0, 0.05) is 34.4 Å². The number of likely N-dealkylation sites (tertiary alicyclic amines) is 1. The Morgan fingerprint density at radius 2 is 2.00 bits per heavy atom. The fourth-order valence-electron chi connectivity index (χ4n) is 3.56. The number of fused-ring (bicyclic) bond motifs is 1. The molecule has 1 aliphatic rings. The molecule has 0 bridgehead atoms. The van der Waals surface area contributed by atoms with E-state index in [1.54, 1.807) is 11.3 Å². The summed E-state index contributed by atoms with van der Waals surface area (Å²) in [5, 5.41) is 4.74. The zero-order valence-electron chi connectivity index (χ0n) is 15.2. The molecule has 0 spiro atoms. The molecule has 3 aromatic rings. The summed E-state index contributed by atoms with van der Waals surface area (Å²) in [6, 6.07) is 4.17. The smallest absolute Gasteiger partial charge is 0.259 e. The zero-order chi connectivity index (χ0) is 18.4. The molecule has 0 unspecified atom stereocenters. The van der Waals surface area contributed by atoms with Crippen LogP contribution in [-0.2, 0) is 0 Å². The Hall–Kier alpha value is -2.25. The molecule has 1 saturated heterocycles. The molecule has 7 heteroatoms. The van der Waals surface area contributed by atoms with Gasteiger partial charge in [-0.05, 0) is 45.7 Å². The quantitative estimate of drug-likeness (QED) is 0.747. The Bertz CT molecular complexity index is 983. The minimum atomic E-state index is 0.00135. The van der Waals surface area contributed by atoms with Crippen LogP contribution in [0.3, 0.4) is 0 Å². The summed E-state index contributed by atoms with van der Waals surface area (Å²) in [5.74, 6) is 0.00135. The molecule has 26 heavy (non-hydrogen) atoms. The van der Waals surface area contributed by atoms with Gasteiger partial charge in [-0.2, -0.15) is 0 Å². The number of hydrogen-bond acceptors (Lipinski definition) is 6. The predicted octanol–water partition coefficient (Wildman–Crippen LogP) is 3.44. The Morgan fingerprint density at radius 3 is 2.65 bits per heavy atom. The van der Waals surface area contributed by atoms with E-state index >= 15 is 0 Å². The van der Waals surface area contributed by atoms with E-state index in [4.69, 9.17) is 10.3 Å². The Morgan fingerprint density at radius 1 is 1.27 bits per heavy atom. The van der Waals surface area contributed by atoms with Crippen LogP contribution >= 0.6 is 11.3 Å². The van der Waals surface area contributed by atoms with E-state index in [1.165, 1.54) is 9.75 Å². The van der Waals surface area contributed by atoms with Crippen molar-refractivity contribution in [2.45, 2.75) is 39.7 Å². The number of rotatable bonds is 2. The molecule has 0 atom stereocenters. The second-order valence-corrected chi connectivity index (χ2v) is 8.42. The zero-order valence-corrected chi connectivity index (χ0v) is 16.0. The third-order valence-electron chi connectivity index (χ3n) is 4.99. The number of piperidine rings is 1. The van der Waals surface area contributed by atoms with Crippen molar-refractivity contribution in [2.75, 3.05) is 13.1 Å². The number of aryl methyl sites for hydroxylation is 3. The van der Waals surface area contributed by atoms with Gasteiger partial charge in [0.25, 0.3) is 11.6 Å². The maximum Gasteiger partial charge on any atom is 0.259 e. The molecule has 1 amide bonds. The minimum Gasteiger partial charge on any atom is -0.339 e. The molecule has 3 aromatic heterocycles. The summed E-state index contributed by atoms with van der Waals surface area (Å²) < 4.78 is 5.40. The second kappa shape index (κ2) is 6.48. The van der Waals surface area contributed by atoms with Crippen LogP contribution in [-0.4, -0.2) is 40.1 Å². The molecule has 4 rings (SSSR count). The van der Waals surface area contributed by atoms with Crippen LogP contribution in [0, 0.1) is 20.8 Å². The van der Waals surface area contributed by atoms with E-state index in [2.05, 4.69) is 30.1 Å². The summed E-state index contributed by atoms with van der Waals surface area (Å²) in [6.45, 7) is 7.34. The van der Waals surface area contributed by atoms with Crippen LogP contribution in [0.25, 0.3) is 22.4 Å². The highest BCUT2D eigenvalue weighted by Crippen LogP contribution is 2.33. The van der Waals surface area contributed by atoms with Crippen molar-refractivity contribution in [3.8, 4) is 11.3 Å².